The van der Waals surface area contributed by atoms with Crippen LogP contribution in [0.1, 0.15) is 66.2 Å². The maximum absolute atomic E-state index is 7.94. The lowest BCUT2D eigenvalue weighted by Gasteiger charge is -2.62. The Balaban J connectivity index is 1.79. The predicted octanol–water partition coefficient (Wildman–Crippen LogP) is 5.71. The van der Waals surface area contributed by atoms with E-state index in [1.807, 2.05) is 0 Å². The molecule has 4 aliphatic rings. The molecule has 0 aliphatic heterocycles. The van der Waals surface area contributed by atoms with Gasteiger partial charge >= 0.3 is 0 Å². The Labute approximate surface area is 148 Å². The van der Waals surface area contributed by atoms with E-state index in [1.54, 1.807) is 0 Å². The largest absolute Gasteiger partial charge is 0.310 e. The van der Waals surface area contributed by atoms with E-state index in [0.717, 1.165) is 36.0 Å². The molecule has 130 valence electrons. The molecule has 10 unspecified atom stereocenters. The molecule has 2 heteroatoms. The van der Waals surface area contributed by atoms with E-state index in [0.29, 0.717) is 17.8 Å². The molecule has 0 amide bonds. The summed E-state index contributed by atoms with van der Waals surface area (Å²) in [5.41, 5.74) is -0.297. The summed E-state index contributed by atoms with van der Waals surface area (Å²) in [5.74, 6) is 5.58. The van der Waals surface area contributed by atoms with Crippen LogP contribution in [-0.2, 0) is 0 Å². The number of hydrogen-bond acceptors (Lipinski definition) is 0. The fourth-order valence-corrected chi connectivity index (χ4v) is 7.87. The van der Waals surface area contributed by atoms with Crippen LogP contribution in [0.25, 0.3) is 9.69 Å². The van der Waals surface area contributed by atoms with Gasteiger partial charge in [-0.25, -0.2) is 13.1 Å². The standard InChI is InChI=1S/C22H32N2/c1-13-11-15-12-14(2)22(4,24-6)18-8-7-17-20(19(15)18)16(13)9-10-21(17,3)23-5/h13-20H,7-12H2,1-4H3. The van der Waals surface area contributed by atoms with Gasteiger partial charge in [0, 0.05) is 38.0 Å². The van der Waals surface area contributed by atoms with Gasteiger partial charge in [0.15, 0.2) is 0 Å². The van der Waals surface area contributed by atoms with Crippen molar-refractivity contribution in [1.29, 1.82) is 0 Å². The van der Waals surface area contributed by atoms with Crippen LogP contribution in [0.2, 0.25) is 0 Å². The number of hydrogen-bond donors (Lipinski definition) is 0. The van der Waals surface area contributed by atoms with Gasteiger partial charge in [-0.2, -0.15) is 0 Å². The van der Waals surface area contributed by atoms with Crippen molar-refractivity contribution in [3.05, 3.63) is 22.8 Å². The van der Waals surface area contributed by atoms with Gasteiger partial charge in [-0.3, -0.25) is 0 Å². The minimum Gasteiger partial charge on any atom is -0.310 e. The molecular formula is C22H32N2. The molecular weight excluding hydrogens is 292 g/mol. The van der Waals surface area contributed by atoms with Crippen LogP contribution in [0.15, 0.2) is 0 Å². The van der Waals surface area contributed by atoms with Crippen molar-refractivity contribution < 1.29 is 0 Å². The summed E-state index contributed by atoms with van der Waals surface area (Å²) in [6.07, 6.45) is 7.36. The monoisotopic (exact) mass is 324 g/mol. The average Bonchev–Trinajstić information content (AvgIpc) is 2.58. The van der Waals surface area contributed by atoms with Gasteiger partial charge in [-0.15, -0.1) is 0 Å². The summed E-state index contributed by atoms with van der Waals surface area (Å²) in [7, 11) is 0. The SMILES string of the molecule is [C-]#[N+]C1(C)CCC2C(C)CC3CC(C)C(C)([N+]#[C-])C4CCC1C2C34. The Morgan fingerprint density at radius 3 is 2.25 bits per heavy atom. The van der Waals surface area contributed by atoms with Crippen LogP contribution in [0.3, 0.4) is 0 Å². The van der Waals surface area contributed by atoms with E-state index in [9.17, 15) is 0 Å². The maximum atomic E-state index is 7.94. The Hall–Kier alpha value is -1.02. The second-order valence-corrected chi connectivity index (χ2v) is 10.1. The van der Waals surface area contributed by atoms with E-state index in [-0.39, 0.29) is 11.1 Å². The number of rotatable bonds is 0. The summed E-state index contributed by atoms with van der Waals surface area (Å²) in [6.45, 7) is 25.1. The highest BCUT2D eigenvalue weighted by atomic mass is 14.9. The van der Waals surface area contributed by atoms with Gasteiger partial charge in [0.2, 0.25) is 11.1 Å². The van der Waals surface area contributed by atoms with E-state index >= 15 is 0 Å². The van der Waals surface area contributed by atoms with Crippen LogP contribution in [0.4, 0.5) is 0 Å². The van der Waals surface area contributed by atoms with Crippen LogP contribution < -0.4 is 0 Å². The molecule has 0 aromatic rings. The first kappa shape index (κ1) is 16.4. The third-order valence-electron chi connectivity index (χ3n) is 9.29. The molecule has 24 heavy (non-hydrogen) atoms. The second-order valence-electron chi connectivity index (χ2n) is 10.1. The topological polar surface area (TPSA) is 8.72 Å². The highest BCUT2D eigenvalue weighted by Crippen LogP contribution is 2.66. The van der Waals surface area contributed by atoms with Gasteiger partial charge in [0.1, 0.15) is 0 Å². The van der Waals surface area contributed by atoms with Gasteiger partial charge in [0.05, 0.1) is 0 Å². The summed E-state index contributed by atoms with van der Waals surface area (Å²) < 4.78 is 0. The first-order valence-corrected chi connectivity index (χ1v) is 10.1. The predicted molar refractivity (Wildman–Crippen MR) is 97.0 cm³/mol. The van der Waals surface area contributed by atoms with Gasteiger partial charge < -0.3 is 9.69 Å². The molecule has 4 rings (SSSR count). The fourth-order valence-electron chi connectivity index (χ4n) is 7.87. The molecule has 0 saturated heterocycles. The average molecular weight is 325 g/mol. The zero-order chi connectivity index (χ0) is 17.3. The van der Waals surface area contributed by atoms with E-state index in [4.69, 9.17) is 13.1 Å². The van der Waals surface area contributed by atoms with Crippen molar-refractivity contribution in [2.75, 3.05) is 0 Å². The molecule has 10 atom stereocenters. The molecule has 0 radical (unpaired) electrons. The highest BCUT2D eigenvalue weighted by Gasteiger charge is 2.67. The quantitative estimate of drug-likeness (QED) is 0.505. The lowest BCUT2D eigenvalue weighted by atomic mass is 9.40. The van der Waals surface area contributed by atoms with Crippen LogP contribution in [-0.4, -0.2) is 11.1 Å². The number of nitrogens with zero attached hydrogens (tertiary/aromatic N) is 2. The fraction of sp³-hybridized carbons (Fsp3) is 0.909. The van der Waals surface area contributed by atoms with Crippen molar-refractivity contribution in [2.45, 2.75) is 77.3 Å². The van der Waals surface area contributed by atoms with Crippen molar-refractivity contribution in [1.82, 2.24) is 0 Å². The summed E-state index contributed by atoms with van der Waals surface area (Å²) in [5, 5.41) is 0. The molecule has 4 fully saturated rings. The van der Waals surface area contributed by atoms with Crippen molar-refractivity contribution in [3.8, 4) is 0 Å². The Bertz CT molecular complexity index is 612. The minimum absolute atomic E-state index is 0.134. The zero-order valence-electron chi connectivity index (χ0n) is 15.8. The molecule has 0 bridgehead atoms. The summed E-state index contributed by atoms with van der Waals surface area (Å²) >= 11 is 0. The highest BCUT2D eigenvalue weighted by molar-refractivity contribution is 5.19. The molecule has 2 nitrogen and oxygen atoms in total. The smallest absolute Gasteiger partial charge is 0.235 e. The minimum atomic E-state index is -0.163. The van der Waals surface area contributed by atoms with E-state index in [1.165, 1.54) is 32.1 Å². The maximum Gasteiger partial charge on any atom is 0.235 e. The Morgan fingerprint density at radius 1 is 0.875 bits per heavy atom. The van der Waals surface area contributed by atoms with Crippen molar-refractivity contribution in [2.24, 2.45) is 47.3 Å². The van der Waals surface area contributed by atoms with Gasteiger partial charge in [-0.1, -0.05) is 13.8 Å². The van der Waals surface area contributed by atoms with Crippen LogP contribution in [0.5, 0.6) is 0 Å². The molecule has 0 spiro atoms. The van der Waals surface area contributed by atoms with Gasteiger partial charge in [-0.05, 0) is 61.7 Å². The van der Waals surface area contributed by atoms with Crippen molar-refractivity contribution in [3.63, 3.8) is 0 Å². The molecule has 0 aromatic heterocycles. The lowest BCUT2D eigenvalue weighted by Crippen LogP contribution is -2.62. The molecule has 0 N–H and O–H groups in total. The normalized spacial score (nSPS) is 58.9. The zero-order valence-corrected chi connectivity index (χ0v) is 15.8. The first-order chi connectivity index (χ1) is 11.4. The van der Waals surface area contributed by atoms with Gasteiger partial charge in [0.25, 0.3) is 0 Å². The third-order valence-corrected chi connectivity index (χ3v) is 9.29. The summed E-state index contributed by atoms with van der Waals surface area (Å²) in [6, 6.07) is 0. The molecule has 0 heterocycles. The van der Waals surface area contributed by atoms with E-state index < -0.39 is 0 Å². The Morgan fingerprint density at radius 2 is 1.58 bits per heavy atom. The van der Waals surface area contributed by atoms with E-state index in [2.05, 4.69) is 37.4 Å². The van der Waals surface area contributed by atoms with Crippen molar-refractivity contribution >= 4 is 0 Å². The van der Waals surface area contributed by atoms with Crippen LogP contribution in [0, 0.1) is 60.5 Å². The van der Waals surface area contributed by atoms with Crippen LogP contribution >= 0.6 is 0 Å². The molecule has 4 saturated carbocycles. The Kier molecular flexibility index (Phi) is 3.59. The first-order valence-electron chi connectivity index (χ1n) is 10.1. The molecule has 0 aromatic carbocycles. The molecule has 4 aliphatic carbocycles. The second kappa shape index (κ2) is 5.24. The third kappa shape index (κ3) is 1.92. The lowest BCUT2D eigenvalue weighted by molar-refractivity contribution is -0.138. The summed E-state index contributed by atoms with van der Waals surface area (Å²) in [4.78, 5) is 8.40.